The molecule has 0 fully saturated rings. The number of carbonyl (C=O) groups is 1. The topological polar surface area (TPSA) is 44.1 Å². The second-order valence-corrected chi connectivity index (χ2v) is 4.97. The lowest BCUT2D eigenvalue weighted by Crippen LogP contribution is -2.03. The largest absolute Gasteiger partial charge is 0.427 e. The highest BCUT2D eigenvalue weighted by Gasteiger charge is 2.10. The molecule has 3 rings (SSSR count). The predicted molar refractivity (Wildman–Crippen MR) is 81.3 cm³/mol. The van der Waals surface area contributed by atoms with Crippen LogP contribution in [0.15, 0.2) is 48.5 Å². The molecule has 0 N–H and O–H groups in total. The number of aromatic nitrogens is 2. The highest BCUT2D eigenvalue weighted by molar-refractivity contribution is 5.79. The summed E-state index contributed by atoms with van der Waals surface area (Å²) < 4.78 is 7.28. The van der Waals surface area contributed by atoms with Crippen LogP contribution in [-0.4, -0.2) is 15.5 Å². The standard InChI is InChI=1S/C17H16N2O2/c1-12-18-16-9-8-15(21-13(2)20)10-17(16)19(12)11-14-6-4-3-5-7-14/h3-10H,11H2,1-2H3. The molecule has 0 bridgehead atoms. The molecule has 0 spiro atoms. The van der Waals surface area contributed by atoms with Gasteiger partial charge in [0.25, 0.3) is 0 Å². The summed E-state index contributed by atoms with van der Waals surface area (Å²) in [6.07, 6.45) is 0. The quantitative estimate of drug-likeness (QED) is 0.546. The summed E-state index contributed by atoms with van der Waals surface area (Å²) in [6.45, 7) is 4.12. The van der Waals surface area contributed by atoms with Gasteiger partial charge in [-0.05, 0) is 24.6 Å². The summed E-state index contributed by atoms with van der Waals surface area (Å²) in [5.74, 6) is 1.17. The number of benzene rings is 2. The molecule has 0 unspecified atom stereocenters. The fourth-order valence-corrected chi connectivity index (χ4v) is 2.42. The van der Waals surface area contributed by atoms with Crippen LogP contribution in [-0.2, 0) is 11.3 Å². The molecule has 21 heavy (non-hydrogen) atoms. The fraction of sp³-hybridized carbons (Fsp3) is 0.176. The Morgan fingerprint density at radius 3 is 2.67 bits per heavy atom. The zero-order valence-corrected chi connectivity index (χ0v) is 12.0. The Kier molecular flexibility index (Phi) is 3.44. The van der Waals surface area contributed by atoms with Crippen molar-refractivity contribution in [2.24, 2.45) is 0 Å². The molecule has 0 radical (unpaired) electrons. The van der Waals surface area contributed by atoms with Gasteiger partial charge in [-0.25, -0.2) is 4.98 Å². The molecule has 3 aromatic rings. The van der Waals surface area contributed by atoms with Crippen LogP contribution in [0.3, 0.4) is 0 Å². The lowest BCUT2D eigenvalue weighted by Gasteiger charge is -2.08. The van der Waals surface area contributed by atoms with E-state index in [1.165, 1.54) is 12.5 Å². The summed E-state index contributed by atoms with van der Waals surface area (Å²) in [5, 5.41) is 0. The second kappa shape index (κ2) is 5.40. The maximum atomic E-state index is 11.1. The first-order valence-electron chi connectivity index (χ1n) is 6.83. The molecule has 1 aromatic heterocycles. The van der Waals surface area contributed by atoms with Gasteiger partial charge in [0.05, 0.1) is 11.0 Å². The average molecular weight is 280 g/mol. The number of hydrogen-bond acceptors (Lipinski definition) is 3. The Morgan fingerprint density at radius 2 is 1.95 bits per heavy atom. The van der Waals surface area contributed by atoms with Crippen LogP contribution >= 0.6 is 0 Å². The van der Waals surface area contributed by atoms with Crippen LogP contribution in [0.4, 0.5) is 0 Å². The van der Waals surface area contributed by atoms with Crippen molar-refractivity contribution in [2.75, 3.05) is 0 Å². The summed E-state index contributed by atoms with van der Waals surface area (Å²) >= 11 is 0. The maximum Gasteiger partial charge on any atom is 0.308 e. The van der Waals surface area contributed by atoms with Crippen LogP contribution < -0.4 is 4.74 Å². The average Bonchev–Trinajstić information content (AvgIpc) is 2.76. The van der Waals surface area contributed by atoms with Gasteiger partial charge in [-0.1, -0.05) is 30.3 Å². The van der Waals surface area contributed by atoms with E-state index in [1.807, 2.05) is 37.3 Å². The molecule has 0 saturated carbocycles. The molecular weight excluding hydrogens is 264 g/mol. The number of rotatable bonds is 3. The Labute approximate surface area is 123 Å². The van der Waals surface area contributed by atoms with Crippen molar-refractivity contribution in [1.82, 2.24) is 9.55 Å². The van der Waals surface area contributed by atoms with Crippen LogP contribution in [0.25, 0.3) is 11.0 Å². The molecule has 0 aliphatic carbocycles. The lowest BCUT2D eigenvalue weighted by atomic mass is 10.2. The molecule has 4 heteroatoms. The van der Waals surface area contributed by atoms with Crippen LogP contribution in [0, 0.1) is 6.92 Å². The minimum absolute atomic E-state index is 0.319. The van der Waals surface area contributed by atoms with Crippen molar-refractivity contribution in [3.63, 3.8) is 0 Å². The molecule has 0 atom stereocenters. The van der Waals surface area contributed by atoms with Gasteiger partial charge < -0.3 is 9.30 Å². The number of carbonyl (C=O) groups excluding carboxylic acids is 1. The Bertz CT molecular complexity index is 791. The summed E-state index contributed by atoms with van der Waals surface area (Å²) in [5.41, 5.74) is 3.08. The lowest BCUT2D eigenvalue weighted by molar-refractivity contribution is -0.131. The van der Waals surface area contributed by atoms with E-state index < -0.39 is 0 Å². The van der Waals surface area contributed by atoms with E-state index >= 15 is 0 Å². The van der Waals surface area contributed by atoms with E-state index in [0.29, 0.717) is 5.75 Å². The first-order chi connectivity index (χ1) is 10.1. The highest BCUT2D eigenvalue weighted by Crippen LogP contribution is 2.23. The van der Waals surface area contributed by atoms with Crippen molar-refractivity contribution in [3.8, 4) is 5.75 Å². The normalized spacial score (nSPS) is 10.8. The number of fused-ring (bicyclic) bond motifs is 1. The molecule has 0 aliphatic rings. The van der Waals surface area contributed by atoms with E-state index in [4.69, 9.17) is 4.74 Å². The number of imidazole rings is 1. The SMILES string of the molecule is CC(=O)Oc1ccc2nc(C)n(Cc3ccccc3)c2c1. The third-order valence-electron chi connectivity index (χ3n) is 3.36. The van der Waals surface area contributed by atoms with E-state index in [2.05, 4.69) is 21.7 Å². The minimum Gasteiger partial charge on any atom is -0.427 e. The number of esters is 1. The number of ether oxygens (including phenoxy) is 1. The maximum absolute atomic E-state index is 11.1. The van der Waals surface area contributed by atoms with Crippen molar-refractivity contribution in [2.45, 2.75) is 20.4 Å². The molecule has 4 nitrogen and oxygen atoms in total. The van der Waals surface area contributed by atoms with Gasteiger partial charge in [0, 0.05) is 19.5 Å². The van der Waals surface area contributed by atoms with E-state index in [0.717, 1.165) is 23.4 Å². The van der Waals surface area contributed by atoms with Crippen molar-refractivity contribution in [3.05, 3.63) is 59.9 Å². The molecule has 0 aliphatic heterocycles. The van der Waals surface area contributed by atoms with Crippen molar-refractivity contribution >= 4 is 17.0 Å². The fourth-order valence-electron chi connectivity index (χ4n) is 2.42. The van der Waals surface area contributed by atoms with Gasteiger partial charge in [-0.3, -0.25) is 4.79 Å². The van der Waals surface area contributed by atoms with Gasteiger partial charge in [0.15, 0.2) is 0 Å². The second-order valence-electron chi connectivity index (χ2n) is 4.97. The van der Waals surface area contributed by atoms with Crippen LogP contribution in [0.1, 0.15) is 18.3 Å². The number of nitrogens with zero attached hydrogens (tertiary/aromatic N) is 2. The monoisotopic (exact) mass is 280 g/mol. The van der Waals surface area contributed by atoms with Crippen molar-refractivity contribution < 1.29 is 9.53 Å². The minimum atomic E-state index is -0.319. The molecular formula is C17H16N2O2. The molecule has 1 heterocycles. The molecule has 106 valence electrons. The van der Waals surface area contributed by atoms with Gasteiger partial charge in [-0.15, -0.1) is 0 Å². The molecule has 0 saturated heterocycles. The third-order valence-corrected chi connectivity index (χ3v) is 3.36. The summed E-state index contributed by atoms with van der Waals surface area (Å²) in [7, 11) is 0. The predicted octanol–water partition coefficient (Wildman–Crippen LogP) is 3.32. The van der Waals surface area contributed by atoms with E-state index in [9.17, 15) is 4.79 Å². The Morgan fingerprint density at radius 1 is 1.19 bits per heavy atom. The zero-order chi connectivity index (χ0) is 14.8. The number of hydrogen-bond donors (Lipinski definition) is 0. The van der Waals surface area contributed by atoms with Crippen molar-refractivity contribution in [1.29, 1.82) is 0 Å². The van der Waals surface area contributed by atoms with Crippen LogP contribution in [0.5, 0.6) is 5.75 Å². The van der Waals surface area contributed by atoms with Crippen LogP contribution in [0.2, 0.25) is 0 Å². The summed E-state index contributed by atoms with van der Waals surface area (Å²) in [6, 6.07) is 15.7. The van der Waals surface area contributed by atoms with Gasteiger partial charge in [0.2, 0.25) is 0 Å². The molecule has 0 amide bonds. The summed E-state index contributed by atoms with van der Waals surface area (Å²) in [4.78, 5) is 15.6. The van der Waals surface area contributed by atoms with E-state index in [1.54, 1.807) is 6.07 Å². The number of aryl methyl sites for hydroxylation is 1. The highest BCUT2D eigenvalue weighted by atomic mass is 16.5. The van der Waals surface area contributed by atoms with Gasteiger partial charge >= 0.3 is 5.97 Å². The first-order valence-corrected chi connectivity index (χ1v) is 6.83. The van der Waals surface area contributed by atoms with Gasteiger partial charge in [-0.2, -0.15) is 0 Å². The smallest absolute Gasteiger partial charge is 0.308 e. The van der Waals surface area contributed by atoms with Gasteiger partial charge in [0.1, 0.15) is 11.6 Å². The zero-order valence-electron chi connectivity index (χ0n) is 12.0. The third kappa shape index (κ3) is 2.79. The Balaban J connectivity index is 2.04. The Hall–Kier alpha value is -2.62. The molecule has 2 aromatic carbocycles. The van der Waals surface area contributed by atoms with E-state index in [-0.39, 0.29) is 5.97 Å². The first kappa shape index (κ1) is 13.4.